The third-order valence-electron chi connectivity index (χ3n) is 3.47. The van der Waals surface area contributed by atoms with E-state index in [1.807, 2.05) is 0 Å². The average molecular weight is 321 g/mol. The fourth-order valence-electron chi connectivity index (χ4n) is 2.51. The van der Waals surface area contributed by atoms with Gasteiger partial charge in [-0.25, -0.2) is 0 Å². The highest BCUT2D eigenvalue weighted by atomic mass is 35.5. The molecule has 1 amide bonds. The molecule has 1 saturated carbocycles. The predicted octanol–water partition coefficient (Wildman–Crippen LogP) is 5.56. The Balaban J connectivity index is 1.98. The van der Waals surface area contributed by atoms with E-state index in [2.05, 4.69) is 5.32 Å². The summed E-state index contributed by atoms with van der Waals surface area (Å²) in [6, 6.07) is 3.15. The van der Waals surface area contributed by atoms with E-state index in [0.717, 1.165) is 12.8 Å². The lowest BCUT2D eigenvalue weighted by atomic mass is 9.87. The lowest BCUT2D eigenvalue weighted by Crippen LogP contribution is -2.18. The molecule has 1 aromatic rings. The van der Waals surface area contributed by atoms with Crippen molar-refractivity contribution in [2.24, 2.45) is 5.92 Å². The molecule has 0 unspecified atom stereocenters. The Hall–Kier alpha value is -0.440. The summed E-state index contributed by atoms with van der Waals surface area (Å²) in [7, 11) is 0. The zero-order valence-corrected chi connectivity index (χ0v) is 12.8. The van der Waals surface area contributed by atoms with Crippen molar-refractivity contribution in [3.05, 3.63) is 27.2 Å². The van der Waals surface area contributed by atoms with Crippen LogP contribution in [0.1, 0.15) is 38.5 Å². The van der Waals surface area contributed by atoms with E-state index in [-0.39, 0.29) is 5.91 Å². The summed E-state index contributed by atoms with van der Waals surface area (Å²) >= 11 is 17.9. The van der Waals surface area contributed by atoms with Crippen molar-refractivity contribution in [2.75, 3.05) is 5.32 Å². The largest absolute Gasteiger partial charge is 0.324 e. The molecule has 1 aromatic carbocycles. The minimum Gasteiger partial charge on any atom is -0.324 e. The second-order valence-electron chi connectivity index (χ2n) is 5.00. The number of anilines is 1. The van der Waals surface area contributed by atoms with Crippen molar-refractivity contribution < 1.29 is 4.79 Å². The fraction of sp³-hybridized carbons (Fsp3) is 0.500. The fourth-order valence-corrected chi connectivity index (χ4v) is 3.42. The summed E-state index contributed by atoms with van der Waals surface area (Å²) in [4.78, 5) is 12.0. The number of halogens is 3. The van der Waals surface area contributed by atoms with Gasteiger partial charge in [0.1, 0.15) is 0 Å². The van der Waals surface area contributed by atoms with Crippen molar-refractivity contribution >= 4 is 46.4 Å². The normalized spacial score (nSPS) is 16.4. The van der Waals surface area contributed by atoms with Crippen LogP contribution in [0.2, 0.25) is 15.1 Å². The monoisotopic (exact) mass is 319 g/mol. The zero-order valence-electron chi connectivity index (χ0n) is 10.5. The van der Waals surface area contributed by atoms with Crippen LogP contribution in [0.4, 0.5) is 5.69 Å². The molecule has 0 bridgehead atoms. The molecule has 0 aromatic heterocycles. The minimum atomic E-state index is -0.0296. The summed E-state index contributed by atoms with van der Waals surface area (Å²) in [5.41, 5.74) is 0.452. The van der Waals surface area contributed by atoms with Crippen molar-refractivity contribution in [3.63, 3.8) is 0 Å². The lowest BCUT2D eigenvalue weighted by Gasteiger charge is -2.21. The van der Waals surface area contributed by atoms with E-state index >= 15 is 0 Å². The number of hydrogen-bond acceptors (Lipinski definition) is 1. The standard InChI is InChI=1S/C14H16Cl3NO/c15-10-7-11(16)14(12(17)8-10)18-13(19)6-9-4-2-1-3-5-9/h7-9H,1-6H2,(H,18,19). The minimum absolute atomic E-state index is 0.0296. The molecule has 19 heavy (non-hydrogen) atoms. The van der Waals surface area contributed by atoms with E-state index in [1.165, 1.54) is 19.3 Å². The third kappa shape index (κ3) is 4.27. The summed E-state index contributed by atoms with van der Waals surface area (Å²) in [5, 5.41) is 3.99. The maximum Gasteiger partial charge on any atom is 0.224 e. The maximum absolute atomic E-state index is 12.0. The molecule has 0 saturated heterocycles. The molecular formula is C14H16Cl3NO. The second kappa shape index (κ2) is 6.83. The van der Waals surface area contributed by atoms with Gasteiger partial charge in [-0.1, -0.05) is 54.1 Å². The summed E-state index contributed by atoms with van der Waals surface area (Å²) < 4.78 is 0. The number of nitrogens with one attached hydrogen (secondary N) is 1. The number of hydrogen-bond donors (Lipinski definition) is 1. The van der Waals surface area contributed by atoms with Gasteiger partial charge >= 0.3 is 0 Å². The SMILES string of the molecule is O=C(CC1CCCCC1)Nc1c(Cl)cc(Cl)cc1Cl. The van der Waals surface area contributed by atoms with E-state index in [1.54, 1.807) is 12.1 Å². The maximum atomic E-state index is 12.0. The van der Waals surface area contributed by atoms with E-state index in [4.69, 9.17) is 34.8 Å². The Morgan fingerprint density at radius 2 is 1.68 bits per heavy atom. The summed E-state index contributed by atoms with van der Waals surface area (Å²) in [6.45, 7) is 0. The van der Waals surface area contributed by atoms with Gasteiger partial charge in [0.2, 0.25) is 5.91 Å². The molecule has 0 atom stereocenters. The average Bonchev–Trinajstić information content (AvgIpc) is 2.35. The van der Waals surface area contributed by atoms with Gasteiger partial charge in [0.15, 0.2) is 0 Å². The van der Waals surface area contributed by atoms with Crippen LogP contribution < -0.4 is 5.32 Å². The van der Waals surface area contributed by atoms with Gasteiger partial charge in [0, 0.05) is 11.4 Å². The third-order valence-corrected chi connectivity index (χ3v) is 4.28. The highest BCUT2D eigenvalue weighted by Crippen LogP contribution is 2.34. The molecule has 2 rings (SSSR count). The Kier molecular flexibility index (Phi) is 5.37. The zero-order chi connectivity index (χ0) is 13.8. The second-order valence-corrected chi connectivity index (χ2v) is 6.25. The summed E-state index contributed by atoms with van der Waals surface area (Å²) in [6.07, 6.45) is 6.54. The van der Waals surface area contributed by atoms with Crippen molar-refractivity contribution in [1.29, 1.82) is 0 Å². The van der Waals surface area contributed by atoms with Crippen LogP contribution in [0, 0.1) is 5.92 Å². The number of benzene rings is 1. The van der Waals surface area contributed by atoms with Crippen molar-refractivity contribution in [1.82, 2.24) is 0 Å². The lowest BCUT2D eigenvalue weighted by molar-refractivity contribution is -0.117. The van der Waals surface area contributed by atoms with Gasteiger partial charge in [-0.2, -0.15) is 0 Å². The molecule has 5 heteroatoms. The van der Waals surface area contributed by atoms with Crippen LogP contribution in [-0.2, 0) is 4.79 Å². The molecule has 0 radical (unpaired) electrons. The predicted molar refractivity (Wildman–Crippen MR) is 81.3 cm³/mol. The Morgan fingerprint density at radius 1 is 1.11 bits per heavy atom. The smallest absolute Gasteiger partial charge is 0.224 e. The van der Waals surface area contributed by atoms with E-state index < -0.39 is 0 Å². The van der Waals surface area contributed by atoms with Crippen LogP contribution in [0.15, 0.2) is 12.1 Å². The number of carbonyl (C=O) groups excluding carboxylic acids is 1. The molecule has 0 spiro atoms. The van der Waals surface area contributed by atoms with Crippen molar-refractivity contribution in [2.45, 2.75) is 38.5 Å². The first-order chi connectivity index (χ1) is 9.06. The van der Waals surface area contributed by atoms with Gasteiger partial charge in [-0.05, 0) is 30.9 Å². The Morgan fingerprint density at radius 3 is 2.26 bits per heavy atom. The molecule has 1 aliphatic carbocycles. The van der Waals surface area contributed by atoms with Crippen LogP contribution in [0.25, 0.3) is 0 Å². The molecule has 2 nitrogen and oxygen atoms in total. The summed E-state index contributed by atoms with van der Waals surface area (Å²) in [5.74, 6) is 0.455. The Bertz CT molecular complexity index is 447. The first kappa shape index (κ1) is 15.0. The first-order valence-electron chi connectivity index (χ1n) is 6.50. The topological polar surface area (TPSA) is 29.1 Å². The molecule has 1 N–H and O–H groups in total. The van der Waals surface area contributed by atoms with Gasteiger partial charge in [-0.15, -0.1) is 0 Å². The number of rotatable bonds is 3. The van der Waals surface area contributed by atoms with Crippen LogP contribution in [-0.4, -0.2) is 5.91 Å². The molecule has 1 fully saturated rings. The van der Waals surface area contributed by atoms with Gasteiger partial charge in [0.25, 0.3) is 0 Å². The molecule has 1 aliphatic rings. The molecular weight excluding hydrogens is 305 g/mol. The highest BCUT2D eigenvalue weighted by molar-refractivity contribution is 6.42. The van der Waals surface area contributed by atoms with E-state index in [9.17, 15) is 4.79 Å². The quantitative estimate of drug-likeness (QED) is 0.776. The molecule has 0 aliphatic heterocycles. The van der Waals surface area contributed by atoms with Crippen molar-refractivity contribution in [3.8, 4) is 0 Å². The molecule has 0 heterocycles. The van der Waals surface area contributed by atoms with Crippen LogP contribution >= 0.6 is 34.8 Å². The molecule has 104 valence electrons. The van der Waals surface area contributed by atoms with Crippen LogP contribution in [0.5, 0.6) is 0 Å². The Labute approximate surface area is 128 Å². The first-order valence-corrected chi connectivity index (χ1v) is 7.64. The number of amides is 1. The van der Waals surface area contributed by atoms with E-state index in [0.29, 0.717) is 33.1 Å². The van der Waals surface area contributed by atoms with Crippen LogP contribution in [0.3, 0.4) is 0 Å². The number of carbonyl (C=O) groups is 1. The highest BCUT2D eigenvalue weighted by Gasteiger charge is 2.18. The van der Waals surface area contributed by atoms with Gasteiger partial charge < -0.3 is 5.32 Å². The van der Waals surface area contributed by atoms with Gasteiger partial charge in [0.05, 0.1) is 15.7 Å². The van der Waals surface area contributed by atoms with Gasteiger partial charge in [-0.3, -0.25) is 4.79 Å².